The van der Waals surface area contributed by atoms with E-state index in [4.69, 9.17) is 4.74 Å². The molecule has 0 fully saturated rings. The first kappa shape index (κ1) is 17.5. The van der Waals surface area contributed by atoms with Gasteiger partial charge in [0.25, 0.3) is 0 Å². The summed E-state index contributed by atoms with van der Waals surface area (Å²) in [6.07, 6.45) is 0.190. The first-order chi connectivity index (χ1) is 10.0. The van der Waals surface area contributed by atoms with Crippen molar-refractivity contribution in [1.29, 1.82) is 0 Å². The zero-order chi connectivity index (χ0) is 15.7. The van der Waals surface area contributed by atoms with Crippen LogP contribution in [0.5, 0.6) is 0 Å². The van der Waals surface area contributed by atoms with Crippen LogP contribution in [0.15, 0.2) is 24.3 Å². The standard InChI is InChI=1S/C16H26N2O3/c1-12(2)15(19)8-9-17-16(20)18-10-13-4-6-14(7-5-13)11-21-3/h4-7,12,15,19H,8-11H2,1-3H3,(H2,17,18,20). The zero-order valence-electron chi connectivity index (χ0n) is 13.1. The van der Waals surface area contributed by atoms with Crippen LogP contribution in [0.2, 0.25) is 0 Å². The molecular formula is C16H26N2O3. The predicted molar refractivity (Wildman–Crippen MR) is 82.9 cm³/mol. The van der Waals surface area contributed by atoms with Gasteiger partial charge in [-0.15, -0.1) is 0 Å². The van der Waals surface area contributed by atoms with Crippen LogP contribution in [0.4, 0.5) is 4.79 Å². The van der Waals surface area contributed by atoms with Gasteiger partial charge in [-0.1, -0.05) is 38.1 Å². The van der Waals surface area contributed by atoms with E-state index in [2.05, 4.69) is 10.6 Å². The van der Waals surface area contributed by atoms with Gasteiger partial charge in [0.2, 0.25) is 0 Å². The fourth-order valence-corrected chi connectivity index (χ4v) is 1.83. The minimum atomic E-state index is -0.376. The summed E-state index contributed by atoms with van der Waals surface area (Å²) in [7, 11) is 1.66. The Balaban J connectivity index is 2.23. The second kappa shape index (κ2) is 9.37. The third kappa shape index (κ3) is 7.11. The molecule has 0 spiro atoms. The number of carbonyl (C=O) groups excluding carboxylic acids is 1. The molecular weight excluding hydrogens is 268 g/mol. The minimum Gasteiger partial charge on any atom is -0.393 e. The van der Waals surface area contributed by atoms with Gasteiger partial charge in [-0.05, 0) is 23.5 Å². The number of aliphatic hydroxyl groups excluding tert-OH is 1. The van der Waals surface area contributed by atoms with E-state index in [0.717, 1.165) is 11.1 Å². The SMILES string of the molecule is COCc1ccc(CNC(=O)NCCC(O)C(C)C)cc1. The van der Waals surface area contributed by atoms with Crippen molar-refractivity contribution in [3.63, 3.8) is 0 Å². The number of nitrogens with one attached hydrogen (secondary N) is 2. The van der Waals surface area contributed by atoms with Gasteiger partial charge < -0.3 is 20.5 Å². The molecule has 0 saturated carbocycles. The molecule has 0 saturated heterocycles. The molecule has 3 N–H and O–H groups in total. The molecule has 0 aromatic heterocycles. The molecule has 1 rings (SSSR count). The van der Waals surface area contributed by atoms with Crippen LogP contribution < -0.4 is 10.6 Å². The lowest BCUT2D eigenvalue weighted by molar-refractivity contribution is 0.116. The lowest BCUT2D eigenvalue weighted by atomic mass is 10.0. The molecule has 0 heterocycles. The van der Waals surface area contributed by atoms with E-state index in [1.165, 1.54) is 0 Å². The molecule has 1 unspecified atom stereocenters. The Kier molecular flexibility index (Phi) is 7.79. The van der Waals surface area contributed by atoms with Crippen molar-refractivity contribution >= 4 is 6.03 Å². The first-order valence-electron chi connectivity index (χ1n) is 7.29. The summed E-state index contributed by atoms with van der Waals surface area (Å²) in [5.74, 6) is 0.209. The number of amides is 2. The predicted octanol–water partition coefficient (Wildman–Crippen LogP) is 2.04. The molecule has 5 heteroatoms. The second-order valence-electron chi connectivity index (χ2n) is 5.46. The molecule has 0 aliphatic heterocycles. The number of carbonyl (C=O) groups is 1. The smallest absolute Gasteiger partial charge is 0.315 e. The van der Waals surface area contributed by atoms with Crippen molar-refractivity contribution in [1.82, 2.24) is 10.6 Å². The van der Waals surface area contributed by atoms with Crippen LogP contribution in [-0.4, -0.2) is 30.9 Å². The maximum Gasteiger partial charge on any atom is 0.315 e. The zero-order valence-corrected chi connectivity index (χ0v) is 13.1. The average Bonchev–Trinajstić information content (AvgIpc) is 2.46. The monoisotopic (exact) mass is 294 g/mol. The Morgan fingerprint density at radius 2 is 1.81 bits per heavy atom. The number of benzene rings is 1. The van der Waals surface area contributed by atoms with E-state index in [1.807, 2.05) is 38.1 Å². The minimum absolute atomic E-state index is 0.209. The number of aliphatic hydroxyl groups is 1. The van der Waals surface area contributed by atoms with Gasteiger partial charge in [0.1, 0.15) is 0 Å². The lowest BCUT2D eigenvalue weighted by Crippen LogP contribution is -2.37. The van der Waals surface area contributed by atoms with Gasteiger partial charge in [-0.2, -0.15) is 0 Å². The fraction of sp³-hybridized carbons (Fsp3) is 0.562. The van der Waals surface area contributed by atoms with Gasteiger partial charge in [-0.3, -0.25) is 0 Å². The molecule has 21 heavy (non-hydrogen) atoms. The highest BCUT2D eigenvalue weighted by atomic mass is 16.5. The summed E-state index contributed by atoms with van der Waals surface area (Å²) in [4.78, 5) is 11.6. The molecule has 1 aromatic rings. The van der Waals surface area contributed by atoms with Gasteiger partial charge in [0, 0.05) is 20.2 Å². The fourth-order valence-electron chi connectivity index (χ4n) is 1.83. The van der Waals surface area contributed by atoms with E-state index in [0.29, 0.717) is 26.1 Å². The molecule has 0 aliphatic rings. The Morgan fingerprint density at radius 1 is 1.19 bits per heavy atom. The highest BCUT2D eigenvalue weighted by molar-refractivity contribution is 5.73. The second-order valence-corrected chi connectivity index (χ2v) is 5.46. The Labute approximate surface area is 126 Å². The largest absolute Gasteiger partial charge is 0.393 e. The van der Waals surface area contributed by atoms with Crippen LogP contribution in [0.25, 0.3) is 0 Å². The molecule has 5 nitrogen and oxygen atoms in total. The summed E-state index contributed by atoms with van der Waals surface area (Å²) in [6.45, 7) is 5.45. The lowest BCUT2D eigenvalue weighted by Gasteiger charge is -2.14. The molecule has 0 bridgehead atoms. The quantitative estimate of drug-likeness (QED) is 0.687. The summed E-state index contributed by atoms with van der Waals surface area (Å²) in [5.41, 5.74) is 2.14. The van der Waals surface area contributed by atoms with Crippen LogP contribution >= 0.6 is 0 Å². The summed E-state index contributed by atoms with van der Waals surface area (Å²) in [6, 6.07) is 7.69. The van der Waals surface area contributed by atoms with Crippen molar-refractivity contribution in [3.05, 3.63) is 35.4 Å². The number of urea groups is 1. The maximum absolute atomic E-state index is 11.6. The average molecular weight is 294 g/mol. The van der Waals surface area contributed by atoms with Gasteiger partial charge in [-0.25, -0.2) is 4.79 Å². The molecule has 0 radical (unpaired) electrons. The Bertz CT molecular complexity index is 418. The number of methoxy groups -OCH3 is 1. The van der Waals surface area contributed by atoms with Crippen LogP contribution in [0.1, 0.15) is 31.4 Å². The van der Waals surface area contributed by atoms with Crippen molar-refractivity contribution in [2.75, 3.05) is 13.7 Å². The summed E-state index contributed by atoms with van der Waals surface area (Å²) in [5, 5.41) is 15.2. The van der Waals surface area contributed by atoms with Crippen LogP contribution in [0, 0.1) is 5.92 Å². The van der Waals surface area contributed by atoms with E-state index >= 15 is 0 Å². The summed E-state index contributed by atoms with van der Waals surface area (Å²) < 4.78 is 5.05. The molecule has 118 valence electrons. The Hall–Kier alpha value is -1.59. The van der Waals surface area contributed by atoms with Crippen LogP contribution in [0.3, 0.4) is 0 Å². The van der Waals surface area contributed by atoms with E-state index in [1.54, 1.807) is 7.11 Å². The number of hydrogen-bond donors (Lipinski definition) is 3. The van der Waals surface area contributed by atoms with Crippen molar-refractivity contribution in [2.45, 2.75) is 39.5 Å². The molecule has 2 amide bonds. The maximum atomic E-state index is 11.6. The molecule has 1 aromatic carbocycles. The van der Waals surface area contributed by atoms with Gasteiger partial charge in [0.15, 0.2) is 0 Å². The number of hydrogen-bond acceptors (Lipinski definition) is 3. The summed E-state index contributed by atoms with van der Waals surface area (Å²) >= 11 is 0. The van der Waals surface area contributed by atoms with E-state index in [9.17, 15) is 9.90 Å². The Morgan fingerprint density at radius 3 is 2.38 bits per heavy atom. The highest BCUT2D eigenvalue weighted by Crippen LogP contribution is 2.05. The molecule has 0 aliphatic carbocycles. The highest BCUT2D eigenvalue weighted by Gasteiger charge is 2.09. The van der Waals surface area contributed by atoms with Crippen molar-refractivity contribution in [3.8, 4) is 0 Å². The van der Waals surface area contributed by atoms with Gasteiger partial charge in [0.05, 0.1) is 12.7 Å². The molecule has 1 atom stereocenters. The third-order valence-electron chi connectivity index (χ3n) is 3.28. The normalized spacial score (nSPS) is 12.2. The van der Waals surface area contributed by atoms with E-state index < -0.39 is 0 Å². The number of ether oxygens (including phenoxy) is 1. The van der Waals surface area contributed by atoms with Crippen molar-refractivity contribution < 1.29 is 14.6 Å². The number of rotatable bonds is 8. The van der Waals surface area contributed by atoms with Crippen LogP contribution in [-0.2, 0) is 17.9 Å². The van der Waals surface area contributed by atoms with E-state index in [-0.39, 0.29) is 18.1 Å². The first-order valence-corrected chi connectivity index (χ1v) is 7.29. The van der Waals surface area contributed by atoms with Crippen molar-refractivity contribution in [2.24, 2.45) is 5.92 Å². The van der Waals surface area contributed by atoms with Gasteiger partial charge >= 0.3 is 6.03 Å². The third-order valence-corrected chi connectivity index (χ3v) is 3.28. The topological polar surface area (TPSA) is 70.6 Å².